The number of hydrogen-bond donors (Lipinski definition) is 0. The Bertz CT molecular complexity index is 967. The van der Waals surface area contributed by atoms with E-state index in [0.717, 1.165) is 30.0 Å². The van der Waals surface area contributed by atoms with Crippen LogP contribution in [0.1, 0.15) is 84.5 Å². The van der Waals surface area contributed by atoms with Crippen LogP contribution in [0.5, 0.6) is 0 Å². The van der Waals surface area contributed by atoms with Crippen LogP contribution in [0, 0.1) is 13.8 Å². The molecular formula is C21H27N5O3. The van der Waals surface area contributed by atoms with Crippen LogP contribution in [-0.4, -0.2) is 30.7 Å². The molecule has 29 heavy (non-hydrogen) atoms. The number of hydrogen-bond acceptors (Lipinski definition) is 6. The summed E-state index contributed by atoms with van der Waals surface area (Å²) in [6.07, 6.45) is 6.87. The first-order valence-electron chi connectivity index (χ1n) is 10.2. The minimum atomic E-state index is -0.521. The van der Waals surface area contributed by atoms with Gasteiger partial charge in [-0.3, -0.25) is 0 Å². The summed E-state index contributed by atoms with van der Waals surface area (Å²) < 4.78 is 15.1. The molecule has 0 amide bonds. The molecule has 3 heterocycles. The van der Waals surface area contributed by atoms with Gasteiger partial charge < -0.3 is 13.7 Å². The van der Waals surface area contributed by atoms with E-state index in [1.165, 1.54) is 19.3 Å². The van der Waals surface area contributed by atoms with Crippen molar-refractivity contribution in [1.29, 1.82) is 0 Å². The minimum Gasteiger partial charge on any atom is -0.467 e. The lowest BCUT2D eigenvalue weighted by Crippen LogP contribution is -2.20. The van der Waals surface area contributed by atoms with Crippen LogP contribution >= 0.6 is 0 Å². The highest BCUT2D eigenvalue weighted by atomic mass is 16.5. The molecule has 0 spiro atoms. The Morgan fingerprint density at radius 1 is 1.31 bits per heavy atom. The number of aryl methyl sites for hydroxylation is 1. The summed E-state index contributed by atoms with van der Waals surface area (Å²) in [7, 11) is 0. The SMILES string of the molecule is Cc1cc(C(=O)OC(C)c2nnnn2C2CCCCC2)c(C)n1Cc1ccco1. The Kier molecular flexibility index (Phi) is 5.51. The van der Waals surface area contributed by atoms with Crippen LogP contribution in [0.25, 0.3) is 0 Å². The van der Waals surface area contributed by atoms with Gasteiger partial charge in [-0.15, -0.1) is 5.10 Å². The fourth-order valence-electron chi connectivity index (χ4n) is 4.14. The molecular weight excluding hydrogens is 370 g/mol. The fourth-order valence-corrected chi connectivity index (χ4v) is 4.14. The van der Waals surface area contributed by atoms with Crippen molar-refractivity contribution < 1.29 is 13.9 Å². The third-order valence-electron chi connectivity index (χ3n) is 5.77. The molecule has 3 aromatic heterocycles. The molecule has 1 aliphatic rings. The maximum Gasteiger partial charge on any atom is 0.340 e. The van der Waals surface area contributed by atoms with Crippen LogP contribution in [0.2, 0.25) is 0 Å². The minimum absolute atomic E-state index is 0.285. The summed E-state index contributed by atoms with van der Waals surface area (Å²) in [5.41, 5.74) is 2.38. The zero-order valence-corrected chi connectivity index (χ0v) is 17.2. The van der Waals surface area contributed by atoms with Gasteiger partial charge in [-0.1, -0.05) is 19.3 Å². The van der Waals surface area contributed by atoms with Gasteiger partial charge >= 0.3 is 5.97 Å². The van der Waals surface area contributed by atoms with Gasteiger partial charge in [-0.25, -0.2) is 9.48 Å². The zero-order chi connectivity index (χ0) is 20.4. The van der Waals surface area contributed by atoms with Gasteiger partial charge in [0.25, 0.3) is 0 Å². The van der Waals surface area contributed by atoms with Crippen LogP contribution in [0.3, 0.4) is 0 Å². The Balaban J connectivity index is 1.49. The number of furan rings is 1. The second kappa shape index (κ2) is 8.23. The first-order valence-corrected chi connectivity index (χ1v) is 10.2. The number of carbonyl (C=O) groups excluding carboxylic acids is 1. The molecule has 3 aromatic rings. The van der Waals surface area contributed by atoms with E-state index in [1.54, 1.807) is 6.26 Å². The summed E-state index contributed by atoms with van der Waals surface area (Å²) in [6.45, 7) is 6.29. The highest BCUT2D eigenvalue weighted by Crippen LogP contribution is 2.30. The number of carbonyl (C=O) groups is 1. The summed E-state index contributed by atoms with van der Waals surface area (Å²) in [5, 5.41) is 12.1. The quantitative estimate of drug-likeness (QED) is 0.581. The summed E-state index contributed by atoms with van der Waals surface area (Å²) >= 11 is 0. The Morgan fingerprint density at radius 3 is 2.83 bits per heavy atom. The van der Waals surface area contributed by atoms with Gasteiger partial charge in [0.2, 0.25) is 0 Å². The van der Waals surface area contributed by atoms with Crippen molar-refractivity contribution in [3.8, 4) is 0 Å². The van der Waals surface area contributed by atoms with Gasteiger partial charge in [-0.05, 0) is 62.2 Å². The monoisotopic (exact) mass is 397 g/mol. The van der Waals surface area contributed by atoms with E-state index in [9.17, 15) is 4.79 Å². The van der Waals surface area contributed by atoms with E-state index in [2.05, 4.69) is 15.5 Å². The Morgan fingerprint density at radius 2 is 2.10 bits per heavy atom. The molecule has 0 radical (unpaired) electrons. The average Bonchev–Trinajstić information content (AvgIpc) is 3.46. The number of rotatable bonds is 6. The maximum absolute atomic E-state index is 12.9. The van der Waals surface area contributed by atoms with Crippen molar-refractivity contribution in [1.82, 2.24) is 24.8 Å². The molecule has 1 fully saturated rings. The highest BCUT2D eigenvalue weighted by molar-refractivity contribution is 5.91. The van der Waals surface area contributed by atoms with E-state index in [1.807, 2.05) is 48.2 Å². The highest BCUT2D eigenvalue weighted by Gasteiger charge is 2.26. The molecule has 1 unspecified atom stereocenters. The number of esters is 1. The number of aromatic nitrogens is 5. The average molecular weight is 397 g/mol. The van der Waals surface area contributed by atoms with Crippen molar-refractivity contribution in [3.05, 3.63) is 53.0 Å². The lowest BCUT2D eigenvalue weighted by atomic mass is 9.95. The zero-order valence-electron chi connectivity index (χ0n) is 17.2. The van der Waals surface area contributed by atoms with Crippen LogP contribution in [0.4, 0.5) is 0 Å². The molecule has 0 aliphatic heterocycles. The molecule has 1 aliphatic carbocycles. The Hall–Kier alpha value is -2.90. The van der Waals surface area contributed by atoms with Gasteiger partial charge in [0.1, 0.15) is 5.76 Å². The summed E-state index contributed by atoms with van der Waals surface area (Å²) in [4.78, 5) is 12.9. The van der Waals surface area contributed by atoms with Crippen LogP contribution in [-0.2, 0) is 11.3 Å². The molecule has 8 nitrogen and oxygen atoms in total. The third-order valence-corrected chi connectivity index (χ3v) is 5.77. The van der Waals surface area contributed by atoms with Gasteiger partial charge in [0.05, 0.1) is 24.4 Å². The molecule has 4 rings (SSSR count). The first-order chi connectivity index (χ1) is 14.0. The van der Waals surface area contributed by atoms with E-state index in [4.69, 9.17) is 9.15 Å². The third kappa shape index (κ3) is 3.97. The van der Waals surface area contributed by atoms with E-state index in [-0.39, 0.29) is 12.0 Å². The van der Waals surface area contributed by atoms with Crippen molar-refractivity contribution in [2.45, 2.75) is 71.6 Å². The predicted molar refractivity (Wildman–Crippen MR) is 105 cm³/mol. The molecule has 0 bridgehead atoms. The van der Waals surface area contributed by atoms with Crippen molar-refractivity contribution in [3.63, 3.8) is 0 Å². The van der Waals surface area contributed by atoms with Gasteiger partial charge in [0, 0.05) is 11.4 Å². The topological polar surface area (TPSA) is 88.0 Å². The number of nitrogens with zero attached hydrogens (tertiary/aromatic N) is 5. The van der Waals surface area contributed by atoms with Crippen molar-refractivity contribution in [2.24, 2.45) is 0 Å². The second-order valence-corrected chi connectivity index (χ2v) is 7.77. The fraction of sp³-hybridized carbons (Fsp3) is 0.524. The van der Waals surface area contributed by atoms with Crippen LogP contribution in [0.15, 0.2) is 28.9 Å². The lowest BCUT2D eigenvalue weighted by molar-refractivity contribution is 0.0302. The smallest absolute Gasteiger partial charge is 0.340 e. The van der Waals surface area contributed by atoms with E-state index >= 15 is 0 Å². The number of ether oxygens (including phenoxy) is 1. The lowest BCUT2D eigenvalue weighted by Gasteiger charge is -2.23. The Labute approximate surface area is 169 Å². The van der Waals surface area contributed by atoms with Crippen molar-refractivity contribution in [2.75, 3.05) is 0 Å². The van der Waals surface area contributed by atoms with Gasteiger partial charge in [-0.2, -0.15) is 0 Å². The first kappa shape index (κ1) is 19.4. The van der Waals surface area contributed by atoms with E-state index < -0.39 is 6.10 Å². The molecule has 0 aromatic carbocycles. The molecule has 0 saturated heterocycles. The molecule has 1 atom stereocenters. The molecule has 0 N–H and O–H groups in total. The summed E-state index contributed by atoms with van der Waals surface area (Å²) in [6, 6.07) is 5.92. The molecule has 1 saturated carbocycles. The van der Waals surface area contributed by atoms with E-state index in [0.29, 0.717) is 17.9 Å². The summed E-state index contributed by atoms with van der Waals surface area (Å²) in [5.74, 6) is 1.08. The maximum atomic E-state index is 12.9. The second-order valence-electron chi connectivity index (χ2n) is 7.77. The van der Waals surface area contributed by atoms with Gasteiger partial charge in [0.15, 0.2) is 11.9 Å². The number of tetrazole rings is 1. The van der Waals surface area contributed by atoms with Crippen molar-refractivity contribution >= 4 is 5.97 Å². The predicted octanol–water partition coefficient (Wildman–Crippen LogP) is 4.16. The molecule has 8 heteroatoms. The molecule has 154 valence electrons. The largest absolute Gasteiger partial charge is 0.467 e. The van der Waals surface area contributed by atoms with Crippen LogP contribution < -0.4 is 0 Å². The standard InChI is InChI=1S/C21H27N5O3/c1-14-12-19(15(2)25(14)13-18-10-7-11-28-18)21(27)29-16(3)20-22-23-24-26(20)17-8-5-4-6-9-17/h7,10-12,16-17H,4-6,8-9,13H2,1-3H3. The normalized spacial score (nSPS) is 16.1.